The van der Waals surface area contributed by atoms with Crippen LogP contribution in [-0.4, -0.2) is 0 Å². The van der Waals surface area contributed by atoms with Crippen LogP contribution in [0.15, 0.2) is 69.5 Å². The van der Waals surface area contributed by atoms with Crippen molar-refractivity contribution >= 4 is 72.2 Å². The molecule has 2 aromatic heterocycles. The van der Waals surface area contributed by atoms with E-state index < -0.39 is 0 Å². The summed E-state index contributed by atoms with van der Waals surface area (Å²) in [5.74, 6) is 2.42. The van der Waals surface area contributed by atoms with Crippen LogP contribution >= 0.6 is 22.6 Å². The Balaban J connectivity index is 0.000000240. The fourth-order valence-electron chi connectivity index (χ4n) is 6.36. The van der Waals surface area contributed by atoms with Gasteiger partial charge in [-0.05, 0) is 107 Å². The lowest BCUT2D eigenvalue weighted by molar-refractivity contribution is 0.616. The Bertz CT molecular complexity index is 1760. The first-order valence-electron chi connectivity index (χ1n) is 16.3. The minimum atomic E-state index is 0. The first kappa shape index (κ1) is 37.5. The van der Waals surface area contributed by atoms with E-state index in [2.05, 4.69) is 120 Å². The molecule has 248 valence electrons. The minimum Gasteiger partial charge on any atom is -0.456 e. The van der Waals surface area contributed by atoms with Gasteiger partial charge in [-0.25, -0.2) is 0 Å². The highest BCUT2D eigenvalue weighted by atomic mass is 127. The molecule has 6 aromatic rings. The second-order valence-electron chi connectivity index (χ2n) is 14.1. The standard InChI is InChI=1S/C20H23IO.C20H25NO.2CH4/c2*1-12(2)9-14-11-16-15-7-5-6-8-18(15)22-20(16)17(19(14)21)10-13(3)4;;/h5-8,11-13H,9-10H2,1-4H3;5-8,11-13H,9-10,21H2,1-4H3;2*1H4. The molecule has 2 heterocycles. The van der Waals surface area contributed by atoms with Gasteiger partial charge in [-0.15, -0.1) is 0 Å². The van der Waals surface area contributed by atoms with Crippen molar-refractivity contribution in [2.45, 2.75) is 95.9 Å². The first-order valence-corrected chi connectivity index (χ1v) is 17.3. The van der Waals surface area contributed by atoms with Crippen LogP contribution in [-0.2, 0) is 25.7 Å². The van der Waals surface area contributed by atoms with E-state index in [9.17, 15) is 0 Å². The quantitative estimate of drug-likeness (QED) is 0.125. The second-order valence-corrected chi connectivity index (χ2v) is 15.2. The monoisotopic (exact) mass is 733 g/mol. The van der Waals surface area contributed by atoms with E-state index in [4.69, 9.17) is 14.6 Å². The summed E-state index contributed by atoms with van der Waals surface area (Å²) in [6.07, 6.45) is 4.15. The molecular weight excluding hydrogens is 677 g/mol. The lowest BCUT2D eigenvalue weighted by Gasteiger charge is -2.15. The predicted octanol–water partition coefficient (Wildman–Crippen LogP) is 13.4. The van der Waals surface area contributed by atoms with E-state index in [1.807, 2.05) is 18.2 Å². The molecule has 6 rings (SSSR count). The maximum absolute atomic E-state index is 6.51. The summed E-state index contributed by atoms with van der Waals surface area (Å²) >= 11 is 2.52. The lowest BCUT2D eigenvalue weighted by Crippen LogP contribution is -2.06. The van der Waals surface area contributed by atoms with Gasteiger partial charge in [0, 0.05) is 41.9 Å². The average Bonchev–Trinajstić information content (AvgIpc) is 3.51. The van der Waals surface area contributed by atoms with Gasteiger partial charge in [-0.3, -0.25) is 0 Å². The molecule has 0 radical (unpaired) electrons. The zero-order chi connectivity index (χ0) is 31.7. The van der Waals surface area contributed by atoms with Crippen molar-refractivity contribution < 1.29 is 8.83 Å². The van der Waals surface area contributed by atoms with E-state index in [1.165, 1.54) is 47.4 Å². The molecule has 0 saturated heterocycles. The molecule has 4 heteroatoms. The lowest BCUT2D eigenvalue weighted by atomic mass is 9.92. The highest BCUT2D eigenvalue weighted by molar-refractivity contribution is 14.1. The fraction of sp³-hybridized carbons (Fsp3) is 0.429. The number of nitrogens with two attached hydrogens (primary N) is 1. The van der Waals surface area contributed by atoms with Crippen LogP contribution in [0.3, 0.4) is 0 Å². The number of benzene rings is 4. The van der Waals surface area contributed by atoms with E-state index in [0.717, 1.165) is 53.7 Å². The van der Waals surface area contributed by atoms with Crippen LogP contribution in [0.2, 0.25) is 0 Å². The van der Waals surface area contributed by atoms with Crippen LogP contribution in [0, 0.1) is 27.2 Å². The number of anilines is 1. The largest absolute Gasteiger partial charge is 0.456 e. The molecule has 0 saturated carbocycles. The summed E-state index contributed by atoms with van der Waals surface area (Å²) < 4.78 is 13.8. The van der Waals surface area contributed by atoms with Crippen molar-refractivity contribution in [3.05, 3.63) is 86.5 Å². The smallest absolute Gasteiger partial charge is 0.140 e. The topological polar surface area (TPSA) is 52.3 Å². The van der Waals surface area contributed by atoms with Gasteiger partial charge in [0.15, 0.2) is 0 Å². The summed E-state index contributed by atoms with van der Waals surface area (Å²) in [5.41, 5.74) is 16.7. The van der Waals surface area contributed by atoms with E-state index in [-0.39, 0.29) is 14.9 Å². The van der Waals surface area contributed by atoms with Crippen molar-refractivity contribution in [3.63, 3.8) is 0 Å². The molecular formula is C42H56INO2. The van der Waals surface area contributed by atoms with Gasteiger partial charge in [-0.1, -0.05) is 107 Å². The van der Waals surface area contributed by atoms with Gasteiger partial charge in [0.2, 0.25) is 0 Å². The molecule has 0 spiro atoms. The molecule has 3 nitrogen and oxygen atoms in total. The van der Waals surface area contributed by atoms with Crippen LogP contribution < -0.4 is 5.73 Å². The first-order chi connectivity index (χ1) is 20.9. The third kappa shape index (κ3) is 7.93. The Labute approximate surface area is 291 Å². The average molecular weight is 734 g/mol. The van der Waals surface area contributed by atoms with Crippen LogP contribution in [0.1, 0.15) is 92.5 Å². The second kappa shape index (κ2) is 15.7. The zero-order valence-electron chi connectivity index (χ0n) is 27.7. The Morgan fingerprint density at radius 2 is 0.935 bits per heavy atom. The van der Waals surface area contributed by atoms with Crippen molar-refractivity contribution in [1.29, 1.82) is 0 Å². The number of furan rings is 2. The van der Waals surface area contributed by atoms with Crippen molar-refractivity contribution in [3.8, 4) is 0 Å². The third-order valence-electron chi connectivity index (χ3n) is 8.15. The van der Waals surface area contributed by atoms with Gasteiger partial charge in [0.25, 0.3) is 0 Å². The van der Waals surface area contributed by atoms with E-state index in [0.29, 0.717) is 23.7 Å². The van der Waals surface area contributed by atoms with Gasteiger partial charge >= 0.3 is 0 Å². The maximum atomic E-state index is 6.51. The number of rotatable bonds is 8. The number of nitrogen functional groups attached to an aromatic ring is 1. The zero-order valence-corrected chi connectivity index (χ0v) is 29.8. The number of halogens is 1. The molecule has 0 atom stereocenters. The Hall–Kier alpha value is -2.99. The maximum Gasteiger partial charge on any atom is 0.140 e. The molecule has 0 bridgehead atoms. The highest BCUT2D eigenvalue weighted by Crippen LogP contribution is 2.38. The van der Waals surface area contributed by atoms with Crippen LogP contribution in [0.25, 0.3) is 43.9 Å². The third-order valence-corrected chi connectivity index (χ3v) is 9.50. The summed E-state index contributed by atoms with van der Waals surface area (Å²) in [6, 6.07) is 21.2. The van der Waals surface area contributed by atoms with Gasteiger partial charge in [0.1, 0.15) is 22.3 Å². The van der Waals surface area contributed by atoms with E-state index >= 15 is 0 Å². The van der Waals surface area contributed by atoms with Gasteiger partial charge in [-0.2, -0.15) is 0 Å². The number of fused-ring (bicyclic) bond motifs is 6. The SMILES string of the molecule is C.C.CC(C)Cc1cc2c(oc3ccccc32)c(CC(C)C)c1I.CC(C)Cc1cc2c(oc3ccccc32)c(CC(C)C)c1N. The van der Waals surface area contributed by atoms with Gasteiger partial charge < -0.3 is 14.6 Å². The summed E-state index contributed by atoms with van der Waals surface area (Å²) in [6.45, 7) is 18.1. The number of hydrogen-bond acceptors (Lipinski definition) is 3. The molecule has 0 amide bonds. The molecule has 46 heavy (non-hydrogen) atoms. The summed E-state index contributed by atoms with van der Waals surface area (Å²) in [5, 5.41) is 4.91. The van der Waals surface area contributed by atoms with Crippen LogP contribution in [0.4, 0.5) is 5.69 Å². The van der Waals surface area contributed by atoms with Crippen LogP contribution in [0.5, 0.6) is 0 Å². The highest BCUT2D eigenvalue weighted by Gasteiger charge is 2.20. The summed E-state index contributed by atoms with van der Waals surface area (Å²) in [4.78, 5) is 0. The Morgan fingerprint density at radius 1 is 0.543 bits per heavy atom. The predicted molar refractivity (Wildman–Crippen MR) is 212 cm³/mol. The molecule has 0 fully saturated rings. The number of hydrogen-bond donors (Lipinski definition) is 1. The molecule has 0 aliphatic carbocycles. The number of para-hydroxylation sites is 2. The molecule has 0 unspecified atom stereocenters. The van der Waals surface area contributed by atoms with Crippen molar-refractivity contribution in [2.75, 3.05) is 5.73 Å². The van der Waals surface area contributed by atoms with Crippen molar-refractivity contribution in [2.24, 2.45) is 23.7 Å². The molecule has 2 N–H and O–H groups in total. The fourth-order valence-corrected chi connectivity index (χ4v) is 7.20. The Morgan fingerprint density at radius 3 is 1.41 bits per heavy atom. The van der Waals surface area contributed by atoms with Gasteiger partial charge in [0.05, 0.1) is 0 Å². The molecule has 0 aliphatic heterocycles. The summed E-state index contributed by atoms with van der Waals surface area (Å²) in [7, 11) is 0. The van der Waals surface area contributed by atoms with Crippen molar-refractivity contribution in [1.82, 2.24) is 0 Å². The minimum absolute atomic E-state index is 0. The van der Waals surface area contributed by atoms with E-state index in [1.54, 1.807) is 0 Å². The normalized spacial score (nSPS) is 11.6. The molecule has 0 aliphatic rings. The molecule has 4 aromatic carbocycles. The Kier molecular flexibility index (Phi) is 12.8.